The number of rotatable bonds is 3. The van der Waals surface area contributed by atoms with Crippen molar-refractivity contribution in [3.63, 3.8) is 0 Å². The number of nitrogens with zero attached hydrogens (tertiary/aromatic N) is 2. The molecular formula is C13H10ClFN2O3. The van der Waals surface area contributed by atoms with Crippen LogP contribution in [0.4, 0.5) is 4.39 Å². The molecule has 1 aromatic carbocycles. The van der Waals surface area contributed by atoms with Crippen molar-refractivity contribution in [2.45, 2.75) is 6.92 Å². The maximum atomic E-state index is 14.2. The standard InChI is InChI=1S/C13H10ClFN2O3/c1-6-5-9(13(18)19)17-12(16-6)7-3-4-8(14)11(20-2)10(7)15/h3-5H,1-2H3,(H,18,19). The number of aromatic carboxylic acids is 1. The molecule has 1 aromatic heterocycles. The van der Waals surface area contributed by atoms with Crippen LogP contribution in [-0.4, -0.2) is 28.2 Å². The maximum absolute atomic E-state index is 14.2. The van der Waals surface area contributed by atoms with E-state index in [4.69, 9.17) is 21.4 Å². The first kappa shape index (κ1) is 14.2. The lowest BCUT2D eigenvalue weighted by Gasteiger charge is -2.09. The fraction of sp³-hybridized carbons (Fsp3) is 0.154. The minimum atomic E-state index is -1.21. The molecule has 0 unspecified atom stereocenters. The van der Waals surface area contributed by atoms with E-state index in [2.05, 4.69) is 9.97 Å². The third-order valence-electron chi connectivity index (χ3n) is 2.57. The first-order valence-electron chi connectivity index (χ1n) is 5.55. The predicted molar refractivity (Wildman–Crippen MR) is 70.7 cm³/mol. The summed E-state index contributed by atoms with van der Waals surface area (Å²) < 4.78 is 19.1. The highest BCUT2D eigenvalue weighted by Crippen LogP contribution is 2.33. The lowest BCUT2D eigenvalue weighted by molar-refractivity contribution is 0.0690. The second-order valence-corrected chi connectivity index (χ2v) is 4.37. The van der Waals surface area contributed by atoms with E-state index in [0.717, 1.165) is 0 Å². The van der Waals surface area contributed by atoms with E-state index in [1.165, 1.54) is 25.3 Å². The second-order valence-electron chi connectivity index (χ2n) is 3.97. The highest BCUT2D eigenvalue weighted by atomic mass is 35.5. The smallest absolute Gasteiger partial charge is 0.354 e. The Bertz CT molecular complexity index is 692. The molecule has 0 fully saturated rings. The van der Waals surface area contributed by atoms with Crippen LogP contribution in [0.25, 0.3) is 11.4 Å². The summed E-state index contributed by atoms with van der Waals surface area (Å²) >= 11 is 5.80. The van der Waals surface area contributed by atoms with Crippen LogP contribution >= 0.6 is 11.6 Å². The van der Waals surface area contributed by atoms with E-state index in [0.29, 0.717) is 5.69 Å². The van der Waals surface area contributed by atoms with Crippen LogP contribution in [0.5, 0.6) is 5.75 Å². The number of carbonyl (C=O) groups is 1. The van der Waals surface area contributed by atoms with E-state index in [1.807, 2.05) is 0 Å². The van der Waals surface area contributed by atoms with Gasteiger partial charge in [0.15, 0.2) is 23.1 Å². The van der Waals surface area contributed by atoms with Gasteiger partial charge in [0.25, 0.3) is 0 Å². The SMILES string of the molecule is COc1c(Cl)ccc(-c2nc(C)cc(C(=O)O)n2)c1F. The van der Waals surface area contributed by atoms with Gasteiger partial charge in [0, 0.05) is 5.69 Å². The first-order chi connectivity index (χ1) is 9.43. The Morgan fingerprint density at radius 3 is 2.70 bits per heavy atom. The third-order valence-corrected chi connectivity index (χ3v) is 2.87. The molecule has 0 atom stereocenters. The van der Waals surface area contributed by atoms with Crippen molar-refractivity contribution in [2.75, 3.05) is 7.11 Å². The molecule has 0 aliphatic heterocycles. The zero-order chi connectivity index (χ0) is 14.9. The van der Waals surface area contributed by atoms with Crippen LogP contribution in [0.1, 0.15) is 16.2 Å². The summed E-state index contributed by atoms with van der Waals surface area (Å²) in [5, 5.41) is 9.08. The van der Waals surface area contributed by atoms with Gasteiger partial charge in [0.1, 0.15) is 0 Å². The van der Waals surface area contributed by atoms with Crippen molar-refractivity contribution in [3.05, 3.63) is 40.4 Å². The van der Waals surface area contributed by atoms with Crippen LogP contribution < -0.4 is 4.74 Å². The van der Waals surface area contributed by atoms with Gasteiger partial charge < -0.3 is 9.84 Å². The van der Waals surface area contributed by atoms with Gasteiger partial charge in [0.2, 0.25) is 0 Å². The van der Waals surface area contributed by atoms with E-state index in [1.54, 1.807) is 6.92 Å². The minimum absolute atomic E-state index is 0.0254. The predicted octanol–water partition coefficient (Wildman–Crippen LogP) is 2.95. The highest BCUT2D eigenvalue weighted by molar-refractivity contribution is 6.32. The molecule has 0 saturated carbocycles. The zero-order valence-electron chi connectivity index (χ0n) is 10.6. The number of carboxylic acid groups (broad SMARTS) is 1. The molecule has 0 radical (unpaired) electrons. The quantitative estimate of drug-likeness (QED) is 0.942. The Morgan fingerprint density at radius 2 is 2.10 bits per heavy atom. The molecule has 5 nitrogen and oxygen atoms in total. The van der Waals surface area contributed by atoms with Gasteiger partial charge in [0.05, 0.1) is 17.7 Å². The molecule has 2 rings (SSSR count). The van der Waals surface area contributed by atoms with Gasteiger partial charge in [-0.2, -0.15) is 0 Å². The highest BCUT2D eigenvalue weighted by Gasteiger charge is 2.18. The van der Waals surface area contributed by atoms with Gasteiger partial charge in [-0.05, 0) is 25.1 Å². The van der Waals surface area contributed by atoms with Gasteiger partial charge >= 0.3 is 5.97 Å². The summed E-state index contributed by atoms with van der Waals surface area (Å²) in [7, 11) is 1.29. The summed E-state index contributed by atoms with van der Waals surface area (Å²) in [6.45, 7) is 1.60. The molecule has 7 heteroatoms. The molecule has 2 aromatic rings. The number of aryl methyl sites for hydroxylation is 1. The molecular weight excluding hydrogens is 287 g/mol. The number of methoxy groups -OCH3 is 1. The van der Waals surface area contributed by atoms with Crippen molar-refractivity contribution in [1.82, 2.24) is 9.97 Å². The molecule has 1 heterocycles. The summed E-state index contributed by atoms with van der Waals surface area (Å²) in [6.07, 6.45) is 0. The van der Waals surface area contributed by atoms with E-state index >= 15 is 0 Å². The Morgan fingerprint density at radius 1 is 1.40 bits per heavy atom. The van der Waals surface area contributed by atoms with Gasteiger partial charge in [-0.3, -0.25) is 0 Å². The number of aromatic nitrogens is 2. The normalized spacial score (nSPS) is 10.4. The summed E-state index contributed by atoms with van der Waals surface area (Å²) in [5.74, 6) is -2.11. The molecule has 0 aliphatic carbocycles. The van der Waals surface area contributed by atoms with Crippen LogP contribution in [0.3, 0.4) is 0 Å². The van der Waals surface area contributed by atoms with E-state index < -0.39 is 11.8 Å². The molecule has 104 valence electrons. The van der Waals surface area contributed by atoms with Crippen LogP contribution in [0.15, 0.2) is 18.2 Å². The molecule has 0 spiro atoms. The topological polar surface area (TPSA) is 72.3 Å². The van der Waals surface area contributed by atoms with Crippen molar-refractivity contribution >= 4 is 17.6 Å². The number of halogens is 2. The van der Waals surface area contributed by atoms with Crippen molar-refractivity contribution in [2.24, 2.45) is 0 Å². The largest absolute Gasteiger partial charge is 0.492 e. The average Bonchev–Trinajstić information content (AvgIpc) is 2.38. The van der Waals surface area contributed by atoms with Crippen molar-refractivity contribution in [3.8, 4) is 17.1 Å². The first-order valence-corrected chi connectivity index (χ1v) is 5.93. The summed E-state index contributed by atoms with van der Waals surface area (Å²) in [4.78, 5) is 18.8. The van der Waals surface area contributed by atoms with Gasteiger partial charge in [-0.1, -0.05) is 11.6 Å². The number of benzene rings is 1. The summed E-state index contributed by atoms with van der Waals surface area (Å²) in [6, 6.07) is 4.11. The Kier molecular flexibility index (Phi) is 3.85. The summed E-state index contributed by atoms with van der Waals surface area (Å²) in [5.41, 5.74) is 0.235. The zero-order valence-corrected chi connectivity index (χ0v) is 11.4. The van der Waals surface area contributed by atoms with Crippen LogP contribution in [0, 0.1) is 12.7 Å². The molecule has 1 N–H and O–H groups in total. The molecule has 0 bridgehead atoms. The van der Waals surface area contributed by atoms with Crippen LogP contribution in [0.2, 0.25) is 5.02 Å². The maximum Gasteiger partial charge on any atom is 0.354 e. The second kappa shape index (κ2) is 5.42. The van der Waals surface area contributed by atoms with Crippen molar-refractivity contribution < 1.29 is 19.0 Å². The molecule has 20 heavy (non-hydrogen) atoms. The van der Waals surface area contributed by atoms with Gasteiger partial charge in [-0.25, -0.2) is 19.2 Å². The number of hydrogen-bond acceptors (Lipinski definition) is 4. The Hall–Kier alpha value is -2.21. The number of carboxylic acids is 1. The fourth-order valence-corrected chi connectivity index (χ4v) is 1.91. The fourth-order valence-electron chi connectivity index (χ4n) is 1.69. The van der Waals surface area contributed by atoms with Gasteiger partial charge in [-0.15, -0.1) is 0 Å². The van der Waals surface area contributed by atoms with Crippen molar-refractivity contribution in [1.29, 1.82) is 0 Å². The average molecular weight is 297 g/mol. The van der Waals surface area contributed by atoms with Crippen LogP contribution in [-0.2, 0) is 0 Å². The Labute approximate surface area is 119 Å². The molecule has 0 saturated heterocycles. The Balaban J connectivity index is 2.66. The molecule has 0 amide bonds. The molecule has 0 aliphatic rings. The third kappa shape index (κ3) is 2.55. The lowest BCUT2D eigenvalue weighted by atomic mass is 10.1. The minimum Gasteiger partial charge on any atom is -0.492 e. The number of hydrogen-bond donors (Lipinski definition) is 1. The number of ether oxygens (including phenoxy) is 1. The lowest BCUT2D eigenvalue weighted by Crippen LogP contribution is -2.05. The van der Waals surface area contributed by atoms with E-state index in [-0.39, 0.29) is 27.9 Å². The van der Waals surface area contributed by atoms with E-state index in [9.17, 15) is 9.18 Å². The monoisotopic (exact) mass is 296 g/mol.